The first-order valence-electron chi connectivity index (χ1n) is 6.13. The number of benzene rings is 1. The molecule has 2 atom stereocenters. The molecule has 2 rings (SSSR count). The number of aliphatic hydroxyl groups is 1. The Balaban J connectivity index is 2.14. The Bertz CT molecular complexity index is 444. The zero-order valence-corrected chi connectivity index (χ0v) is 10.4. The summed E-state index contributed by atoms with van der Waals surface area (Å²) in [5.41, 5.74) is 0.884. The molecule has 1 aliphatic rings. The molecule has 1 aromatic rings. The zero-order chi connectivity index (χ0) is 13.1. The maximum atomic E-state index is 12.2. The van der Waals surface area contributed by atoms with Crippen LogP contribution in [0.5, 0.6) is 0 Å². The van der Waals surface area contributed by atoms with Gasteiger partial charge >= 0.3 is 0 Å². The van der Waals surface area contributed by atoms with Crippen LogP contribution in [-0.2, 0) is 9.59 Å². The minimum absolute atomic E-state index is 0.0208. The van der Waals surface area contributed by atoms with Gasteiger partial charge in [-0.2, -0.15) is 0 Å². The van der Waals surface area contributed by atoms with Gasteiger partial charge in [0.15, 0.2) is 0 Å². The minimum Gasteiger partial charge on any atom is -0.396 e. The number of rotatable bonds is 4. The highest BCUT2D eigenvalue weighted by Gasteiger charge is 2.39. The second kappa shape index (κ2) is 5.31. The van der Waals surface area contributed by atoms with E-state index in [1.165, 1.54) is 4.90 Å². The molecule has 0 bridgehead atoms. The molecule has 2 amide bonds. The SMILES string of the molecule is CC(CO)CN1C(=O)CC(c2ccccc2)C1=O. The van der Waals surface area contributed by atoms with Crippen molar-refractivity contribution in [2.24, 2.45) is 5.92 Å². The number of carbonyl (C=O) groups excluding carboxylic acids is 2. The summed E-state index contributed by atoms with van der Waals surface area (Å²) in [7, 11) is 0. The largest absolute Gasteiger partial charge is 0.396 e. The van der Waals surface area contributed by atoms with E-state index in [4.69, 9.17) is 5.11 Å². The van der Waals surface area contributed by atoms with Crippen LogP contribution in [0.2, 0.25) is 0 Å². The summed E-state index contributed by atoms with van der Waals surface area (Å²) in [4.78, 5) is 25.3. The highest BCUT2D eigenvalue weighted by atomic mass is 16.3. The van der Waals surface area contributed by atoms with E-state index in [2.05, 4.69) is 0 Å². The minimum atomic E-state index is -0.357. The molecule has 0 radical (unpaired) electrons. The molecule has 1 saturated heterocycles. The molecular weight excluding hydrogens is 230 g/mol. The fraction of sp³-hybridized carbons (Fsp3) is 0.429. The van der Waals surface area contributed by atoms with Crippen molar-refractivity contribution in [3.05, 3.63) is 35.9 Å². The molecular formula is C14H17NO3. The van der Waals surface area contributed by atoms with E-state index in [-0.39, 0.29) is 36.7 Å². The van der Waals surface area contributed by atoms with E-state index < -0.39 is 0 Å². The standard InChI is InChI=1S/C14H17NO3/c1-10(9-16)8-15-13(17)7-12(14(15)18)11-5-3-2-4-6-11/h2-6,10,12,16H,7-9H2,1H3. The molecule has 1 aliphatic heterocycles. The van der Waals surface area contributed by atoms with Crippen molar-refractivity contribution < 1.29 is 14.7 Å². The number of hydrogen-bond donors (Lipinski definition) is 1. The van der Waals surface area contributed by atoms with Gasteiger partial charge in [0, 0.05) is 19.6 Å². The molecule has 1 N–H and O–H groups in total. The Kier molecular flexibility index (Phi) is 3.77. The van der Waals surface area contributed by atoms with Gasteiger partial charge in [0.1, 0.15) is 0 Å². The van der Waals surface area contributed by atoms with Crippen molar-refractivity contribution in [1.82, 2.24) is 4.90 Å². The summed E-state index contributed by atoms with van der Waals surface area (Å²) in [5.74, 6) is -0.724. The fourth-order valence-corrected chi connectivity index (χ4v) is 2.19. The van der Waals surface area contributed by atoms with Crippen molar-refractivity contribution in [2.75, 3.05) is 13.2 Å². The van der Waals surface area contributed by atoms with Crippen LogP contribution < -0.4 is 0 Å². The van der Waals surface area contributed by atoms with Gasteiger partial charge < -0.3 is 5.11 Å². The van der Waals surface area contributed by atoms with E-state index in [1.807, 2.05) is 37.3 Å². The lowest BCUT2D eigenvalue weighted by atomic mass is 9.98. The third kappa shape index (κ3) is 2.43. The lowest BCUT2D eigenvalue weighted by molar-refractivity contribution is -0.139. The second-order valence-electron chi connectivity index (χ2n) is 4.80. The molecule has 4 nitrogen and oxygen atoms in total. The normalized spacial score (nSPS) is 21.4. The van der Waals surface area contributed by atoms with E-state index in [1.54, 1.807) is 0 Å². The van der Waals surface area contributed by atoms with E-state index >= 15 is 0 Å². The first kappa shape index (κ1) is 12.8. The fourth-order valence-electron chi connectivity index (χ4n) is 2.19. The molecule has 1 aromatic carbocycles. The lowest BCUT2D eigenvalue weighted by Crippen LogP contribution is -2.35. The smallest absolute Gasteiger partial charge is 0.237 e. The quantitative estimate of drug-likeness (QED) is 0.812. The third-order valence-electron chi connectivity index (χ3n) is 3.25. The van der Waals surface area contributed by atoms with Gasteiger partial charge in [0.05, 0.1) is 5.92 Å². The zero-order valence-electron chi connectivity index (χ0n) is 10.4. The Morgan fingerprint density at radius 1 is 1.33 bits per heavy atom. The summed E-state index contributed by atoms with van der Waals surface area (Å²) in [6.45, 7) is 2.10. The van der Waals surface area contributed by atoms with Crippen LogP contribution in [0.3, 0.4) is 0 Å². The van der Waals surface area contributed by atoms with Crippen molar-refractivity contribution in [1.29, 1.82) is 0 Å². The van der Waals surface area contributed by atoms with Gasteiger partial charge in [-0.15, -0.1) is 0 Å². The van der Waals surface area contributed by atoms with Crippen LogP contribution in [0.4, 0.5) is 0 Å². The molecule has 18 heavy (non-hydrogen) atoms. The van der Waals surface area contributed by atoms with Crippen molar-refractivity contribution >= 4 is 11.8 Å². The maximum absolute atomic E-state index is 12.2. The van der Waals surface area contributed by atoms with Crippen LogP contribution in [-0.4, -0.2) is 35.0 Å². The van der Waals surface area contributed by atoms with Gasteiger partial charge in [-0.25, -0.2) is 0 Å². The van der Waals surface area contributed by atoms with Gasteiger partial charge in [0.2, 0.25) is 11.8 Å². The number of hydrogen-bond acceptors (Lipinski definition) is 3. The van der Waals surface area contributed by atoms with E-state index in [9.17, 15) is 9.59 Å². The predicted molar refractivity (Wildman–Crippen MR) is 66.8 cm³/mol. The Hall–Kier alpha value is -1.68. The second-order valence-corrected chi connectivity index (χ2v) is 4.80. The number of aliphatic hydroxyl groups excluding tert-OH is 1. The lowest BCUT2D eigenvalue weighted by Gasteiger charge is -2.18. The average molecular weight is 247 g/mol. The molecule has 0 aromatic heterocycles. The summed E-state index contributed by atoms with van der Waals surface area (Å²) in [5, 5.41) is 9.00. The van der Waals surface area contributed by atoms with Crippen LogP contribution in [0, 0.1) is 5.92 Å². The van der Waals surface area contributed by atoms with E-state index in [0.29, 0.717) is 6.54 Å². The van der Waals surface area contributed by atoms with Crippen LogP contribution in [0.1, 0.15) is 24.8 Å². The summed E-state index contributed by atoms with van der Waals surface area (Å²) >= 11 is 0. The number of carbonyl (C=O) groups is 2. The average Bonchev–Trinajstić information content (AvgIpc) is 2.67. The van der Waals surface area contributed by atoms with Gasteiger partial charge in [0.25, 0.3) is 0 Å². The monoisotopic (exact) mass is 247 g/mol. The first-order valence-corrected chi connectivity index (χ1v) is 6.13. The molecule has 2 unspecified atom stereocenters. The number of likely N-dealkylation sites (tertiary alicyclic amines) is 1. The summed E-state index contributed by atoms with van der Waals surface area (Å²) < 4.78 is 0. The van der Waals surface area contributed by atoms with Crippen molar-refractivity contribution in [2.45, 2.75) is 19.3 Å². The van der Waals surface area contributed by atoms with Crippen LogP contribution >= 0.6 is 0 Å². The van der Waals surface area contributed by atoms with Crippen LogP contribution in [0.25, 0.3) is 0 Å². The summed E-state index contributed by atoms with van der Waals surface area (Å²) in [6, 6.07) is 9.36. The van der Waals surface area contributed by atoms with Gasteiger partial charge in [-0.1, -0.05) is 37.3 Å². The topological polar surface area (TPSA) is 57.6 Å². The molecule has 1 fully saturated rings. The molecule has 1 heterocycles. The van der Waals surface area contributed by atoms with Crippen molar-refractivity contribution in [3.63, 3.8) is 0 Å². The molecule has 96 valence electrons. The Morgan fingerprint density at radius 2 is 2.00 bits per heavy atom. The molecule has 0 saturated carbocycles. The number of nitrogens with zero attached hydrogens (tertiary/aromatic N) is 1. The number of amides is 2. The molecule has 4 heteroatoms. The maximum Gasteiger partial charge on any atom is 0.237 e. The van der Waals surface area contributed by atoms with Crippen molar-refractivity contribution in [3.8, 4) is 0 Å². The summed E-state index contributed by atoms with van der Waals surface area (Å²) in [6.07, 6.45) is 0.237. The molecule has 0 aliphatic carbocycles. The highest BCUT2D eigenvalue weighted by Crippen LogP contribution is 2.29. The third-order valence-corrected chi connectivity index (χ3v) is 3.25. The Labute approximate surface area is 106 Å². The molecule has 0 spiro atoms. The van der Waals surface area contributed by atoms with Gasteiger partial charge in [-0.05, 0) is 11.5 Å². The Morgan fingerprint density at radius 3 is 2.61 bits per heavy atom. The highest BCUT2D eigenvalue weighted by molar-refractivity contribution is 6.06. The van der Waals surface area contributed by atoms with Crippen LogP contribution in [0.15, 0.2) is 30.3 Å². The first-order chi connectivity index (χ1) is 8.63. The number of imide groups is 1. The van der Waals surface area contributed by atoms with E-state index in [0.717, 1.165) is 5.56 Å². The predicted octanol–water partition coefficient (Wildman–Crippen LogP) is 1.16. The van der Waals surface area contributed by atoms with Gasteiger partial charge in [-0.3, -0.25) is 14.5 Å².